The van der Waals surface area contributed by atoms with Crippen molar-refractivity contribution in [1.82, 2.24) is 4.90 Å². The lowest BCUT2D eigenvalue weighted by Crippen LogP contribution is -2.47. The molecule has 15 heteroatoms. The van der Waals surface area contributed by atoms with Gasteiger partial charge in [0.2, 0.25) is 5.91 Å². The lowest BCUT2D eigenvalue weighted by molar-refractivity contribution is -0.168. The van der Waals surface area contributed by atoms with Crippen LogP contribution in [0.1, 0.15) is 121 Å². The van der Waals surface area contributed by atoms with Crippen LogP contribution in [0.3, 0.4) is 0 Å². The number of carboxylic acid groups (broad SMARTS) is 1. The minimum absolute atomic E-state index is 0.0103. The fourth-order valence-electron chi connectivity index (χ4n) is 7.49. The Kier molecular flexibility index (Phi) is 21.4. The van der Waals surface area contributed by atoms with Gasteiger partial charge in [-0.15, -0.1) is 0 Å². The van der Waals surface area contributed by atoms with Crippen LogP contribution in [0.25, 0.3) is 0 Å². The van der Waals surface area contributed by atoms with Crippen LogP contribution in [-0.4, -0.2) is 112 Å². The van der Waals surface area contributed by atoms with Crippen molar-refractivity contribution in [2.24, 2.45) is 51.8 Å². The predicted molar refractivity (Wildman–Crippen MR) is 214 cm³/mol. The van der Waals surface area contributed by atoms with Gasteiger partial charge in [-0.2, -0.15) is 0 Å². The van der Waals surface area contributed by atoms with E-state index in [2.05, 4.69) is 0 Å². The lowest BCUT2D eigenvalue weighted by atomic mass is 9.68. The number of amides is 1. The minimum Gasteiger partial charge on any atom is -0.481 e. The topological polar surface area (TPSA) is 198 Å². The zero-order valence-electron chi connectivity index (χ0n) is 37.4. The van der Waals surface area contributed by atoms with Crippen molar-refractivity contribution in [2.75, 3.05) is 53.8 Å². The third-order valence-electron chi connectivity index (χ3n) is 10.5. The van der Waals surface area contributed by atoms with Gasteiger partial charge in [0.1, 0.15) is 6.61 Å². The number of carbonyl (C=O) groups is 7. The Morgan fingerprint density at radius 3 is 1.72 bits per heavy atom. The van der Waals surface area contributed by atoms with Crippen molar-refractivity contribution in [2.45, 2.75) is 127 Å². The molecular weight excluding hydrogens is 754 g/mol. The second kappa shape index (κ2) is 23.7. The Morgan fingerprint density at radius 1 is 0.690 bits per heavy atom. The van der Waals surface area contributed by atoms with Gasteiger partial charge in [-0.25, -0.2) is 0 Å². The molecule has 1 heterocycles. The summed E-state index contributed by atoms with van der Waals surface area (Å²) in [7, 11) is 2.65. The van der Waals surface area contributed by atoms with Crippen molar-refractivity contribution in [3.05, 3.63) is 0 Å². The van der Waals surface area contributed by atoms with Crippen LogP contribution >= 0.6 is 0 Å². The van der Waals surface area contributed by atoms with Gasteiger partial charge in [-0.05, 0) is 84.0 Å². The molecule has 0 bridgehead atoms. The average Bonchev–Trinajstić information content (AvgIpc) is 3.57. The molecule has 1 amide bonds. The van der Waals surface area contributed by atoms with E-state index < -0.39 is 75.9 Å². The fraction of sp³-hybridized carbons (Fsp3) is 0.837. The maximum absolute atomic E-state index is 14.3. The fourth-order valence-corrected chi connectivity index (χ4v) is 7.49. The van der Waals surface area contributed by atoms with E-state index in [-0.39, 0.29) is 95.2 Å². The van der Waals surface area contributed by atoms with Crippen molar-refractivity contribution < 1.29 is 67.1 Å². The third-order valence-corrected chi connectivity index (χ3v) is 10.5. The van der Waals surface area contributed by atoms with Gasteiger partial charge in [0.25, 0.3) is 0 Å². The Hall–Kier alpha value is -3.75. The monoisotopic (exact) mass is 828 g/mol. The Balaban J connectivity index is 3.82. The molecule has 0 radical (unpaired) electrons. The first-order chi connectivity index (χ1) is 26.8. The molecule has 334 valence electrons. The second-order valence-electron chi connectivity index (χ2n) is 18.5. The average molecular weight is 828 g/mol. The lowest BCUT2D eigenvalue weighted by Gasteiger charge is -2.40. The molecule has 15 nitrogen and oxygen atoms in total. The number of methoxy groups -OCH3 is 2. The summed E-state index contributed by atoms with van der Waals surface area (Å²) in [5.41, 5.74) is -4.29. The molecule has 1 saturated heterocycles. The molecular formula is C43H73NO14. The first-order valence-electron chi connectivity index (χ1n) is 20.6. The summed E-state index contributed by atoms with van der Waals surface area (Å²) in [6.07, 6.45) is -0.232. The molecule has 1 aliphatic heterocycles. The highest BCUT2D eigenvalue weighted by molar-refractivity contribution is 5.84. The quantitative estimate of drug-likeness (QED) is 0.0585. The van der Waals surface area contributed by atoms with E-state index in [0.29, 0.717) is 13.0 Å². The summed E-state index contributed by atoms with van der Waals surface area (Å²) >= 11 is 0. The maximum atomic E-state index is 14.3. The van der Waals surface area contributed by atoms with Crippen LogP contribution < -0.4 is 0 Å². The Labute approximate surface area is 345 Å². The highest BCUT2D eigenvalue weighted by atomic mass is 16.6. The van der Waals surface area contributed by atoms with Crippen LogP contribution in [-0.2, 0) is 62.0 Å². The summed E-state index contributed by atoms with van der Waals surface area (Å²) in [4.78, 5) is 96.3. The van der Waals surface area contributed by atoms with Crippen LogP contribution in [0, 0.1) is 51.8 Å². The number of ether oxygens (including phenoxy) is 6. The van der Waals surface area contributed by atoms with Crippen LogP contribution in [0.15, 0.2) is 0 Å². The summed E-state index contributed by atoms with van der Waals surface area (Å²) in [5.74, 6) is -8.32. The molecule has 0 saturated carbocycles. The van der Waals surface area contributed by atoms with Crippen molar-refractivity contribution >= 4 is 41.7 Å². The standard InChI is InChI=1S/C43H73NO14/c1-27(2)23-56-36(48)30(7)33(37(49)57-24-28(3)4)22-42(10,40(52)58-25-29(5)6)21-32(44-16-14-15-34(44)45)19-31(35(46)47)20-43(11,39(51)54-13)26-41(8,9)38(50)55-18-17-53-12/h27-33H,14-26H2,1-13H3,(H,46,47). The molecule has 0 aromatic rings. The van der Waals surface area contributed by atoms with Gasteiger partial charge in [-0.1, -0.05) is 48.5 Å². The predicted octanol–water partition coefficient (Wildman–Crippen LogP) is 5.88. The summed E-state index contributed by atoms with van der Waals surface area (Å²) in [5, 5.41) is 10.7. The summed E-state index contributed by atoms with van der Waals surface area (Å²) in [6.45, 7) is 19.8. The van der Waals surface area contributed by atoms with Gasteiger partial charge in [0.05, 0.1) is 67.5 Å². The molecule has 6 atom stereocenters. The number of hydrogen-bond donors (Lipinski definition) is 1. The van der Waals surface area contributed by atoms with E-state index in [1.54, 1.807) is 32.6 Å². The molecule has 1 aliphatic rings. The number of carboxylic acids is 1. The summed E-state index contributed by atoms with van der Waals surface area (Å²) < 4.78 is 32.5. The first kappa shape index (κ1) is 52.3. The number of rotatable bonds is 27. The molecule has 1 N–H and O–H groups in total. The van der Waals surface area contributed by atoms with E-state index >= 15 is 0 Å². The maximum Gasteiger partial charge on any atom is 0.311 e. The highest BCUT2D eigenvalue weighted by Gasteiger charge is 2.50. The first-order valence-corrected chi connectivity index (χ1v) is 20.6. The second-order valence-corrected chi connectivity index (χ2v) is 18.5. The highest BCUT2D eigenvalue weighted by Crippen LogP contribution is 2.44. The number of hydrogen-bond acceptors (Lipinski definition) is 13. The van der Waals surface area contributed by atoms with Gasteiger partial charge < -0.3 is 38.4 Å². The van der Waals surface area contributed by atoms with Crippen molar-refractivity contribution in [1.29, 1.82) is 0 Å². The van der Waals surface area contributed by atoms with E-state index in [0.717, 1.165) is 0 Å². The number of esters is 5. The molecule has 0 aromatic heterocycles. The minimum atomic E-state index is -1.54. The summed E-state index contributed by atoms with van der Waals surface area (Å²) in [6, 6.07) is -0.878. The normalized spacial score (nSPS) is 17.5. The number of likely N-dealkylation sites (tertiary alicyclic amines) is 1. The van der Waals surface area contributed by atoms with Gasteiger partial charge in [-0.3, -0.25) is 33.6 Å². The van der Waals surface area contributed by atoms with E-state index in [1.165, 1.54) is 21.1 Å². The molecule has 6 unspecified atom stereocenters. The molecule has 0 aromatic carbocycles. The molecule has 58 heavy (non-hydrogen) atoms. The molecule has 0 spiro atoms. The van der Waals surface area contributed by atoms with Crippen LogP contribution in [0.4, 0.5) is 0 Å². The van der Waals surface area contributed by atoms with Crippen molar-refractivity contribution in [3.63, 3.8) is 0 Å². The number of carbonyl (C=O) groups excluding carboxylic acids is 6. The Bertz CT molecular complexity index is 1390. The third kappa shape index (κ3) is 16.5. The SMILES string of the molecule is COCCOC(=O)C(C)(C)CC(C)(CC(CC(CC(C)(CC(C(=O)OCC(C)C)C(C)C(=O)OCC(C)C)C(=O)OCC(C)C)N1CCCC1=O)C(=O)O)C(=O)OC. The van der Waals surface area contributed by atoms with E-state index in [4.69, 9.17) is 28.4 Å². The van der Waals surface area contributed by atoms with E-state index in [9.17, 15) is 38.7 Å². The van der Waals surface area contributed by atoms with Gasteiger partial charge >= 0.3 is 35.8 Å². The zero-order valence-corrected chi connectivity index (χ0v) is 37.4. The van der Waals surface area contributed by atoms with Crippen molar-refractivity contribution in [3.8, 4) is 0 Å². The number of aliphatic carboxylic acids is 1. The van der Waals surface area contributed by atoms with Gasteiger partial charge in [0, 0.05) is 26.1 Å². The number of nitrogens with zero attached hydrogens (tertiary/aromatic N) is 1. The molecule has 1 fully saturated rings. The molecule has 1 rings (SSSR count). The largest absolute Gasteiger partial charge is 0.481 e. The molecule has 0 aliphatic carbocycles. The smallest absolute Gasteiger partial charge is 0.311 e. The van der Waals surface area contributed by atoms with Crippen LogP contribution in [0.2, 0.25) is 0 Å². The van der Waals surface area contributed by atoms with Crippen LogP contribution in [0.5, 0.6) is 0 Å². The Morgan fingerprint density at radius 2 is 1.24 bits per heavy atom. The zero-order chi connectivity index (χ0) is 44.6. The van der Waals surface area contributed by atoms with Gasteiger partial charge in [0.15, 0.2) is 0 Å². The van der Waals surface area contributed by atoms with E-state index in [1.807, 2.05) is 41.5 Å².